The fourth-order valence-electron chi connectivity index (χ4n) is 2.18. The smallest absolute Gasteiger partial charge is 0.319 e. The maximum Gasteiger partial charge on any atom is 0.319 e. The van der Waals surface area contributed by atoms with Crippen molar-refractivity contribution in [3.05, 3.63) is 29.8 Å². The van der Waals surface area contributed by atoms with E-state index in [1.165, 1.54) is 6.42 Å². The number of anilines is 1. The molecule has 5 nitrogen and oxygen atoms in total. The fourth-order valence-corrected chi connectivity index (χ4v) is 2.18. The van der Waals surface area contributed by atoms with Gasteiger partial charge in [-0.2, -0.15) is 0 Å². The number of carboxylic acid groups (broad SMARTS) is 1. The summed E-state index contributed by atoms with van der Waals surface area (Å²) in [6.45, 7) is 1.87. The van der Waals surface area contributed by atoms with Gasteiger partial charge >= 0.3 is 12.0 Å². The summed E-state index contributed by atoms with van der Waals surface area (Å²) in [5, 5.41) is 14.4. The van der Waals surface area contributed by atoms with E-state index in [0.717, 1.165) is 18.4 Å². The van der Waals surface area contributed by atoms with Crippen LogP contribution in [-0.2, 0) is 4.79 Å². The molecule has 1 aromatic rings. The molecule has 0 radical (unpaired) electrons. The summed E-state index contributed by atoms with van der Waals surface area (Å²) >= 11 is 0. The lowest BCUT2D eigenvalue weighted by atomic mass is 9.93. The number of hydrogen-bond donors (Lipinski definition) is 3. The van der Waals surface area contributed by atoms with Gasteiger partial charge in [0, 0.05) is 11.7 Å². The molecule has 0 spiro atoms. The molecule has 1 saturated carbocycles. The third-order valence-electron chi connectivity index (χ3n) is 3.66. The molecule has 20 heavy (non-hydrogen) atoms. The van der Waals surface area contributed by atoms with E-state index in [4.69, 9.17) is 5.11 Å². The number of amides is 2. The number of aliphatic carboxylic acids is 1. The van der Waals surface area contributed by atoms with Crippen molar-refractivity contribution >= 4 is 17.7 Å². The van der Waals surface area contributed by atoms with Crippen LogP contribution < -0.4 is 10.6 Å². The molecule has 1 aliphatic rings. The molecule has 1 fully saturated rings. The van der Waals surface area contributed by atoms with Gasteiger partial charge in [0.15, 0.2) is 0 Å². The van der Waals surface area contributed by atoms with E-state index in [1.54, 1.807) is 12.1 Å². The first kappa shape index (κ1) is 14.4. The Kier molecular flexibility index (Phi) is 4.61. The van der Waals surface area contributed by atoms with Crippen LogP contribution >= 0.6 is 0 Å². The van der Waals surface area contributed by atoms with Crippen LogP contribution in [0.3, 0.4) is 0 Å². The zero-order valence-corrected chi connectivity index (χ0v) is 11.6. The number of hydrogen-bond acceptors (Lipinski definition) is 2. The highest BCUT2D eigenvalue weighted by atomic mass is 16.4. The van der Waals surface area contributed by atoms with Gasteiger partial charge in [-0.05, 0) is 42.9 Å². The second kappa shape index (κ2) is 6.41. The van der Waals surface area contributed by atoms with E-state index in [2.05, 4.69) is 10.6 Å². The van der Waals surface area contributed by atoms with Gasteiger partial charge in [0.1, 0.15) is 0 Å². The summed E-state index contributed by atoms with van der Waals surface area (Å²) in [7, 11) is 0. The Morgan fingerprint density at radius 2 is 1.95 bits per heavy atom. The van der Waals surface area contributed by atoms with Crippen LogP contribution in [0.4, 0.5) is 10.5 Å². The fraction of sp³-hybridized carbons (Fsp3) is 0.467. The van der Waals surface area contributed by atoms with Crippen molar-refractivity contribution in [2.24, 2.45) is 0 Å². The van der Waals surface area contributed by atoms with Crippen LogP contribution in [0.2, 0.25) is 0 Å². The average molecular weight is 276 g/mol. The normalized spacial score (nSPS) is 16.1. The molecular weight excluding hydrogens is 256 g/mol. The molecule has 0 heterocycles. The van der Waals surface area contributed by atoms with Crippen LogP contribution in [0.1, 0.15) is 44.1 Å². The van der Waals surface area contributed by atoms with Crippen molar-refractivity contribution in [2.75, 3.05) is 5.32 Å². The third-order valence-corrected chi connectivity index (χ3v) is 3.66. The lowest BCUT2D eigenvalue weighted by molar-refractivity contribution is -0.137. The standard InChI is InChI=1S/C15H20N2O3/c1-10(9-14(18)19)11-5-7-13(8-6-11)17-15(20)16-12-3-2-4-12/h5-8,10,12H,2-4,9H2,1H3,(H,18,19)(H2,16,17,20). The second-order valence-corrected chi connectivity index (χ2v) is 5.35. The van der Waals surface area contributed by atoms with Gasteiger partial charge in [-0.1, -0.05) is 19.1 Å². The quantitative estimate of drug-likeness (QED) is 0.773. The molecule has 2 rings (SSSR count). The Morgan fingerprint density at radius 3 is 2.45 bits per heavy atom. The minimum Gasteiger partial charge on any atom is -0.481 e. The van der Waals surface area contributed by atoms with Crippen LogP contribution in [0.25, 0.3) is 0 Å². The molecule has 2 amide bonds. The maximum absolute atomic E-state index is 11.7. The van der Waals surface area contributed by atoms with Gasteiger partial charge in [0.25, 0.3) is 0 Å². The molecule has 1 atom stereocenters. The highest BCUT2D eigenvalue weighted by Crippen LogP contribution is 2.21. The summed E-state index contributed by atoms with van der Waals surface area (Å²) < 4.78 is 0. The molecule has 0 bridgehead atoms. The van der Waals surface area contributed by atoms with Crippen LogP contribution in [0, 0.1) is 0 Å². The van der Waals surface area contributed by atoms with E-state index in [1.807, 2.05) is 19.1 Å². The number of benzene rings is 1. The van der Waals surface area contributed by atoms with Crippen molar-refractivity contribution < 1.29 is 14.7 Å². The van der Waals surface area contributed by atoms with Gasteiger partial charge in [-0.15, -0.1) is 0 Å². The molecule has 1 aromatic carbocycles. The largest absolute Gasteiger partial charge is 0.481 e. The van der Waals surface area contributed by atoms with Crippen LogP contribution in [-0.4, -0.2) is 23.1 Å². The van der Waals surface area contributed by atoms with Gasteiger partial charge in [0.05, 0.1) is 6.42 Å². The second-order valence-electron chi connectivity index (χ2n) is 5.35. The zero-order chi connectivity index (χ0) is 14.5. The maximum atomic E-state index is 11.7. The lowest BCUT2D eigenvalue weighted by Gasteiger charge is -2.26. The first-order valence-corrected chi connectivity index (χ1v) is 6.94. The van der Waals surface area contributed by atoms with Gasteiger partial charge in [-0.25, -0.2) is 4.79 Å². The SMILES string of the molecule is CC(CC(=O)O)c1ccc(NC(=O)NC2CCC2)cc1. The van der Waals surface area contributed by atoms with E-state index >= 15 is 0 Å². The van der Waals surface area contributed by atoms with E-state index in [9.17, 15) is 9.59 Å². The van der Waals surface area contributed by atoms with Crippen LogP contribution in [0.5, 0.6) is 0 Å². The molecule has 0 aromatic heterocycles. The molecule has 1 unspecified atom stereocenters. The molecule has 0 aliphatic heterocycles. The number of carboxylic acids is 1. The van der Waals surface area contributed by atoms with Crippen molar-refractivity contribution in [1.82, 2.24) is 5.32 Å². The Balaban J connectivity index is 1.87. The molecule has 3 N–H and O–H groups in total. The molecule has 5 heteroatoms. The van der Waals surface area contributed by atoms with Crippen molar-refractivity contribution in [3.8, 4) is 0 Å². The average Bonchev–Trinajstić information content (AvgIpc) is 2.34. The summed E-state index contributed by atoms with van der Waals surface area (Å²) in [4.78, 5) is 22.3. The Morgan fingerprint density at radius 1 is 1.30 bits per heavy atom. The third kappa shape index (κ3) is 3.98. The first-order chi connectivity index (χ1) is 9.54. The molecule has 1 aliphatic carbocycles. The molecule has 108 valence electrons. The summed E-state index contributed by atoms with van der Waals surface area (Å²) in [6, 6.07) is 7.44. The predicted octanol–water partition coefficient (Wildman–Crippen LogP) is 2.94. The summed E-state index contributed by atoms with van der Waals surface area (Å²) in [5.74, 6) is -0.843. The number of urea groups is 1. The zero-order valence-electron chi connectivity index (χ0n) is 11.6. The van der Waals surface area contributed by atoms with E-state index in [-0.39, 0.29) is 18.4 Å². The van der Waals surface area contributed by atoms with Crippen molar-refractivity contribution in [3.63, 3.8) is 0 Å². The highest BCUT2D eigenvalue weighted by Gasteiger charge is 2.19. The Hall–Kier alpha value is -2.04. The monoisotopic (exact) mass is 276 g/mol. The van der Waals surface area contributed by atoms with Crippen LogP contribution in [0.15, 0.2) is 24.3 Å². The first-order valence-electron chi connectivity index (χ1n) is 6.94. The number of carbonyl (C=O) groups is 2. The molecule has 0 saturated heterocycles. The Bertz CT molecular complexity index is 480. The van der Waals surface area contributed by atoms with Gasteiger partial charge in [-0.3, -0.25) is 4.79 Å². The van der Waals surface area contributed by atoms with E-state index in [0.29, 0.717) is 11.7 Å². The van der Waals surface area contributed by atoms with Crippen molar-refractivity contribution in [1.29, 1.82) is 0 Å². The minimum absolute atomic E-state index is 0.0367. The minimum atomic E-state index is -0.806. The number of nitrogens with one attached hydrogen (secondary N) is 2. The summed E-state index contributed by atoms with van der Waals surface area (Å²) in [5.41, 5.74) is 1.67. The van der Waals surface area contributed by atoms with Crippen molar-refractivity contribution in [2.45, 2.75) is 44.6 Å². The van der Waals surface area contributed by atoms with E-state index < -0.39 is 5.97 Å². The lowest BCUT2D eigenvalue weighted by Crippen LogP contribution is -2.41. The topological polar surface area (TPSA) is 78.4 Å². The Labute approximate surface area is 118 Å². The van der Waals surface area contributed by atoms with Gasteiger partial charge in [0.2, 0.25) is 0 Å². The number of carbonyl (C=O) groups excluding carboxylic acids is 1. The molecular formula is C15H20N2O3. The highest BCUT2D eigenvalue weighted by molar-refractivity contribution is 5.89. The predicted molar refractivity (Wildman–Crippen MR) is 76.9 cm³/mol. The number of rotatable bonds is 5. The van der Waals surface area contributed by atoms with Gasteiger partial charge < -0.3 is 15.7 Å². The summed E-state index contributed by atoms with van der Waals surface area (Å²) in [6.07, 6.45) is 3.40.